The second kappa shape index (κ2) is 6.14. The van der Waals surface area contributed by atoms with Gasteiger partial charge in [0, 0.05) is 25.7 Å². The molecule has 0 heterocycles. The first-order valence-electron chi connectivity index (χ1n) is 6.82. The van der Waals surface area contributed by atoms with Crippen LogP contribution in [0.15, 0.2) is 24.3 Å². The summed E-state index contributed by atoms with van der Waals surface area (Å²) in [6.07, 6.45) is 4.52. The van der Waals surface area contributed by atoms with Gasteiger partial charge in [-0.3, -0.25) is 4.79 Å². The highest BCUT2D eigenvalue weighted by Crippen LogP contribution is 2.36. The van der Waals surface area contributed by atoms with Gasteiger partial charge in [0.15, 0.2) is 5.78 Å². The maximum absolute atomic E-state index is 12.0. The van der Waals surface area contributed by atoms with Crippen LogP contribution in [0, 0.1) is 5.92 Å². The molecule has 0 saturated heterocycles. The van der Waals surface area contributed by atoms with Gasteiger partial charge >= 0.3 is 0 Å². The molecule has 0 aromatic heterocycles. The van der Waals surface area contributed by atoms with Crippen LogP contribution in [0.5, 0.6) is 0 Å². The predicted octanol–water partition coefficient (Wildman–Crippen LogP) is 3.81. The quantitative estimate of drug-likeness (QED) is 0.713. The maximum Gasteiger partial charge on any atom is 0.163 e. The van der Waals surface area contributed by atoms with Gasteiger partial charge < -0.3 is 4.74 Å². The van der Waals surface area contributed by atoms with E-state index in [9.17, 15) is 4.79 Å². The Morgan fingerprint density at radius 3 is 2.50 bits per heavy atom. The molecule has 98 valence electrons. The summed E-state index contributed by atoms with van der Waals surface area (Å²) in [6.45, 7) is 2.69. The lowest BCUT2D eigenvalue weighted by Crippen LogP contribution is -2.12. The van der Waals surface area contributed by atoms with Crippen molar-refractivity contribution in [2.45, 2.75) is 38.5 Å². The summed E-state index contributed by atoms with van der Waals surface area (Å²) in [5.41, 5.74) is 2.23. The number of ether oxygens (including phenoxy) is 1. The second-order valence-electron chi connectivity index (χ2n) is 5.44. The second-order valence-corrected chi connectivity index (χ2v) is 5.44. The molecule has 1 aromatic carbocycles. The fourth-order valence-electron chi connectivity index (χ4n) is 2.46. The van der Waals surface area contributed by atoms with Gasteiger partial charge in [0.25, 0.3) is 0 Å². The standard InChI is InChI=1S/C16H22O2/c1-12(11-18-2)10-16(17)15-8-6-14(7-9-15)13-4-3-5-13/h6-9,12-13H,3-5,10-11H2,1-2H3. The summed E-state index contributed by atoms with van der Waals surface area (Å²) < 4.78 is 5.06. The Kier molecular flexibility index (Phi) is 4.54. The molecule has 0 spiro atoms. The third-order valence-corrected chi connectivity index (χ3v) is 3.79. The average molecular weight is 246 g/mol. The van der Waals surface area contributed by atoms with Gasteiger partial charge in [-0.15, -0.1) is 0 Å². The zero-order valence-electron chi connectivity index (χ0n) is 11.3. The fourth-order valence-corrected chi connectivity index (χ4v) is 2.46. The van der Waals surface area contributed by atoms with Crippen LogP contribution < -0.4 is 0 Å². The first kappa shape index (κ1) is 13.3. The van der Waals surface area contributed by atoms with Crippen LogP contribution in [0.4, 0.5) is 0 Å². The predicted molar refractivity (Wildman–Crippen MR) is 73.0 cm³/mol. The highest BCUT2D eigenvalue weighted by atomic mass is 16.5. The number of ketones is 1. The number of rotatable bonds is 6. The van der Waals surface area contributed by atoms with E-state index in [1.165, 1.54) is 24.8 Å². The highest BCUT2D eigenvalue weighted by Gasteiger charge is 2.19. The van der Waals surface area contributed by atoms with Crippen molar-refractivity contribution in [2.75, 3.05) is 13.7 Å². The van der Waals surface area contributed by atoms with E-state index < -0.39 is 0 Å². The smallest absolute Gasteiger partial charge is 0.163 e. The number of carbonyl (C=O) groups excluding carboxylic acids is 1. The van der Waals surface area contributed by atoms with Crippen LogP contribution in [0.1, 0.15) is 54.4 Å². The van der Waals surface area contributed by atoms with E-state index in [2.05, 4.69) is 12.1 Å². The van der Waals surface area contributed by atoms with Gasteiger partial charge in [0.05, 0.1) is 0 Å². The van der Waals surface area contributed by atoms with Gasteiger partial charge in [-0.1, -0.05) is 37.6 Å². The Morgan fingerprint density at radius 1 is 1.33 bits per heavy atom. The number of benzene rings is 1. The van der Waals surface area contributed by atoms with Crippen molar-refractivity contribution in [2.24, 2.45) is 5.92 Å². The Bertz CT molecular complexity index is 390. The number of hydrogen-bond acceptors (Lipinski definition) is 2. The summed E-state index contributed by atoms with van der Waals surface area (Å²) in [6, 6.07) is 8.21. The van der Waals surface area contributed by atoms with Crippen LogP contribution in [-0.4, -0.2) is 19.5 Å². The van der Waals surface area contributed by atoms with Crippen molar-refractivity contribution in [1.82, 2.24) is 0 Å². The molecule has 1 aromatic rings. The molecular weight excluding hydrogens is 224 g/mol. The first-order chi connectivity index (χ1) is 8.70. The van der Waals surface area contributed by atoms with Crippen molar-refractivity contribution in [3.63, 3.8) is 0 Å². The van der Waals surface area contributed by atoms with Gasteiger partial charge in [-0.2, -0.15) is 0 Å². The maximum atomic E-state index is 12.0. The Balaban J connectivity index is 1.93. The molecule has 1 unspecified atom stereocenters. The molecule has 1 aliphatic carbocycles. The van der Waals surface area contributed by atoms with Gasteiger partial charge in [-0.05, 0) is 30.2 Å². The van der Waals surface area contributed by atoms with Crippen molar-refractivity contribution in [3.8, 4) is 0 Å². The summed E-state index contributed by atoms with van der Waals surface area (Å²) in [7, 11) is 1.67. The number of carbonyl (C=O) groups is 1. The molecule has 0 amide bonds. The summed E-state index contributed by atoms with van der Waals surface area (Å²) in [5, 5.41) is 0. The van der Waals surface area contributed by atoms with E-state index >= 15 is 0 Å². The molecule has 0 bridgehead atoms. The third kappa shape index (κ3) is 3.20. The molecule has 1 fully saturated rings. The Morgan fingerprint density at radius 2 is 2.00 bits per heavy atom. The van der Waals surface area contributed by atoms with Crippen molar-refractivity contribution >= 4 is 5.78 Å². The minimum atomic E-state index is 0.222. The normalized spacial score (nSPS) is 17.2. The topological polar surface area (TPSA) is 26.3 Å². The van der Waals surface area contributed by atoms with E-state index in [4.69, 9.17) is 4.74 Å². The van der Waals surface area contributed by atoms with Crippen LogP contribution in [0.25, 0.3) is 0 Å². The fraction of sp³-hybridized carbons (Fsp3) is 0.562. The molecule has 0 radical (unpaired) electrons. The van der Waals surface area contributed by atoms with E-state index in [1.54, 1.807) is 7.11 Å². The van der Waals surface area contributed by atoms with Gasteiger partial charge in [-0.25, -0.2) is 0 Å². The first-order valence-corrected chi connectivity index (χ1v) is 6.82. The van der Waals surface area contributed by atoms with E-state index in [0.717, 1.165) is 11.5 Å². The Labute approximate surface area is 109 Å². The monoisotopic (exact) mass is 246 g/mol. The highest BCUT2D eigenvalue weighted by molar-refractivity contribution is 5.96. The number of hydrogen-bond donors (Lipinski definition) is 0. The van der Waals surface area contributed by atoms with Crippen LogP contribution in [0.2, 0.25) is 0 Å². The van der Waals surface area contributed by atoms with Gasteiger partial charge in [0.2, 0.25) is 0 Å². The molecule has 1 aliphatic rings. The molecule has 2 heteroatoms. The SMILES string of the molecule is COCC(C)CC(=O)c1ccc(C2CCC2)cc1. The average Bonchev–Trinajstić information content (AvgIpc) is 2.27. The van der Waals surface area contributed by atoms with E-state index in [-0.39, 0.29) is 11.7 Å². The molecule has 0 N–H and O–H groups in total. The van der Waals surface area contributed by atoms with Gasteiger partial charge in [0.1, 0.15) is 0 Å². The summed E-state index contributed by atoms with van der Waals surface area (Å²) in [5.74, 6) is 1.25. The molecular formula is C16H22O2. The van der Waals surface area contributed by atoms with E-state index in [1.807, 2.05) is 19.1 Å². The van der Waals surface area contributed by atoms with Crippen molar-refractivity contribution in [1.29, 1.82) is 0 Å². The minimum absolute atomic E-state index is 0.222. The molecule has 2 nitrogen and oxygen atoms in total. The van der Waals surface area contributed by atoms with Crippen molar-refractivity contribution < 1.29 is 9.53 Å². The minimum Gasteiger partial charge on any atom is -0.384 e. The van der Waals surface area contributed by atoms with Crippen LogP contribution in [0.3, 0.4) is 0 Å². The zero-order chi connectivity index (χ0) is 13.0. The largest absolute Gasteiger partial charge is 0.384 e. The lowest BCUT2D eigenvalue weighted by molar-refractivity contribution is 0.0920. The van der Waals surface area contributed by atoms with Crippen LogP contribution in [-0.2, 0) is 4.74 Å². The summed E-state index contributed by atoms with van der Waals surface area (Å²) in [4.78, 5) is 12.0. The van der Waals surface area contributed by atoms with Crippen LogP contribution >= 0.6 is 0 Å². The summed E-state index contributed by atoms with van der Waals surface area (Å²) >= 11 is 0. The Hall–Kier alpha value is -1.15. The zero-order valence-corrected chi connectivity index (χ0v) is 11.3. The molecule has 1 atom stereocenters. The van der Waals surface area contributed by atoms with E-state index in [0.29, 0.717) is 13.0 Å². The lowest BCUT2D eigenvalue weighted by atomic mass is 9.80. The number of methoxy groups -OCH3 is 1. The molecule has 0 aliphatic heterocycles. The number of Topliss-reactive ketones (excluding diaryl/α,β-unsaturated/α-hetero) is 1. The molecule has 18 heavy (non-hydrogen) atoms. The molecule has 1 saturated carbocycles. The molecule has 2 rings (SSSR count). The lowest BCUT2D eigenvalue weighted by Gasteiger charge is -2.25. The third-order valence-electron chi connectivity index (χ3n) is 3.79. The van der Waals surface area contributed by atoms with Crippen molar-refractivity contribution in [3.05, 3.63) is 35.4 Å².